The van der Waals surface area contributed by atoms with Crippen LogP contribution in [0.5, 0.6) is 5.75 Å². The number of nitrogens with one attached hydrogen (secondary N) is 1. The van der Waals surface area contributed by atoms with Crippen molar-refractivity contribution in [1.82, 2.24) is 10.3 Å². The lowest BCUT2D eigenvalue weighted by atomic mass is 10.2. The Labute approximate surface area is 111 Å². The van der Waals surface area contributed by atoms with Crippen LogP contribution in [-0.2, 0) is 13.0 Å². The molecule has 0 unspecified atom stereocenters. The minimum atomic E-state index is 0.163. The number of aromatic nitrogens is 1. The van der Waals surface area contributed by atoms with E-state index in [0.717, 1.165) is 18.5 Å². The molecular formula is C14H15ClN2O. The number of hydrogen-bond acceptors (Lipinski definition) is 3. The van der Waals surface area contributed by atoms with Crippen molar-refractivity contribution < 1.29 is 5.11 Å². The van der Waals surface area contributed by atoms with Gasteiger partial charge in [-0.25, -0.2) is 0 Å². The van der Waals surface area contributed by atoms with Crippen molar-refractivity contribution in [3.63, 3.8) is 0 Å². The quantitative estimate of drug-likeness (QED) is 0.815. The van der Waals surface area contributed by atoms with Crippen LogP contribution >= 0.6 is 11.6 Å². The second kappa shape index (κ2) is 6.38. The minimum Gasteiger partial charge on any atom is -0.506 e. The number of halogens is 1. The second-order valence-electron chi connectivity index (χ2n) is 4.03. The van der Waals surface area contributed by atoms with Crippen LogP contribution in [0, 0.1) is 0 Å². The average molecular weight is 263 g/mol. The molecule has 0 bridgehead atoms. The molecule has 0 saturated carbocycles. The maximum Gasteiger partial charge on any atom is 0.138 e. The molecule has 1 heterocycles. The Morgan fingerprint density at radius 3 is 2.72 bits per heavy atom. The lowest BCUT2D eigenvalue weighted by molar-refractivity contribution is 0.465. The van der Waals surface area contributed by atoms with Crippen molar-refractivity contribution >= 4 is 11.6 Å². The molecule has 4 heteroatoms. The van der Waals surface area contributed by atoms with Gasteiger partial charge in [0.05, 0.1) is 5.02 Å². The molecule has 3 nitrogen and oxygen atoms in total. The molecule has 0 saturated heterocycles. The van der Waals surface area contributed by atoms with E-state index in [-0.39, 0.29) is 5.75 Å². The van der Waals surface area contributed by atoms with Crippen LogP contribution in [-0.4, -0.2) is 16.6 Å². The summed E-state index contributed by atoms with van der Waals surface area (Å²) in [6, 6.07) is 9.37. The Bertz CT molecular complexity index is 502. The zero-order valence-corrected chi connectivity index (χ0v) is 10.7. The van der Waals surface area contributed by atoms with E-state index in [9.17, 15) is 5.11 Å². The summed E-state index contributed by atoms with van der Waals surface area (Å²) in [5.41, 5.74) is 2.06. The van der Waals surface area contributed by atoms with E-state index >= 15 is 0 Å². The van der Waals surface area contributed by atoms with E-state index in [4.69, 9.17) is 11.6 Å². The Kier molecular flexibility index (Phi) is 4.56. The van der Waals surface area contributed by atoms with Crippen molar-refractivity contribution in [2.45, 2.75) is 13.0 Å². The van der Waals surface area contributed by atoms with Crippen LogP contribution in [0.2, 0.25) is 5.02 Å². The van der Waals surface area contributed by atoms with E-state index in [1.54, 1.807) is 18.5 Å². The van der Waals surface area contributed by atoms with Crippen molar-refractivity contribution in [3.8, 4) is 5.75 Å². The predicted molar refractivity (Wildman–Crippen MR) is 72.8 cm³/mol. The molecule has 2 N–H and O–H groups in total. The molecule has 0 aliphatic carbocycles. The third kappa shape index (κ3) is 3.45. The largest absolute Gasteiger partial charge is 0.506 e. The Balaban J connectivity index is 1.81. The molecule has 0 amide bonds. The summed E-state index contributed by atoms with van der Waals surface area (Å²) in [6.45, 7) is 1.45. The summed E-state index contributed by atoms with van der Waals surface area (Å²) in [4.78, 5) is 3.97. The van der Waals surface area contributed by atoms with E-state index < -0.39 is 0 Å². The number of benzene rings is 1. The van der Waals surface area contributed by atoms with Crippen molar-refractivity contribution in [2.24, 2.45) is 0 Å². The molecule has 2 rings (SSSR count). The number of nitrogens with zero attached hydrogens (tertiary/aromatic N) is 1. The first-order valence-corrected chi connectivity index (χ1v) is 6.21. The van der Waals surface area contributed by atoms with Crippen LogP contribution in [0.25, 0.3) is 0 Å². The van der Waals surface area contributed by atoms with Gasteiger partial charge in [-0.05, 0) is 36.7 Å². The van der Waals surface area contributed by atoms with Gasteiger partial charge in [0.25, 0.3) is 0 Å². The first-order chi connectivity index (χ1) is 8.77. The minimum absolute atomic E-state index is 0.163. The first-order valence-electron chi connectivity index (χ1n) is 5.83. The van der Waals surface area contributed by atoms with Crippen LogP contribution in [0.3, 0.4) is 0 Å². The van der Waals surface area contributed by atoms with Gasteiger partial charge in [-0.1, -0.05) is 23.7 Å². The van der Waals surface area contributed by atoms with E-state index in [2.05, 4.69) is 10.3 Å². The predicted octanol–water partition coefficient (Wildman–Crippen LogP) is 2.77. The molecule has 0 atom stereocenters. The van der Waals surface area contributed by atoms with Crippen LogP contribution in [0.1, 0.15) is 11.1 Å². The van der Waals surface area contributed by atoms with Crippen molar-refractivity contribution in [1.29, 1.82) is 0 Å². The molecule has 0 aliphatic rings. The maximum absolute atomic E-state index is 9.73. The fraction of sp³-hybridized carbons (Fsp3) is 0.214. The van der Waals surface area contributed by atoms with E-state index in [1.165, 1.54) is 5.56 Å². The number of phenolic OH excluding ortho intramolecular Hbond substituents is 1. The normalized spacial score (nSPS) is 10.5. The summed E-state index contributed by atoms with van der Waals surface area (Å²) >= 11 is 5.84. The summed E-state index contributed by atoms with van der Waals surface area (Å²) in [7, 11) is 0. The van der Waals surface area contributed by atoms with E-state index in [1.807, 2.05) is 24.3 Å². The van der Waals surface area contributed by atoms with Gasteiger partial charge in [-0.15, -0.1) is 0 Å². The lowest BCUT2D eigenvalue weighted by Crippen LogP contribution is -2.16. The fourth-order valence-corrected chi connectivity index (χ4v) is 1.90. The van der Waals surface area contributed by atoms with Gasteiger partial charge in [-0.2, -0.15) is 0 Å². The Morgan fingerprint density at radius 2 is 1.94 bits per heavy atom. The third-order valence-corrected chi connectivity index (χ3v) is 3.03. The van der Waals surface area contributed by atoms with Gasteiger partial charge < -0.3 is 10.4 Å². The summed E-state index contributed by atoms with van der Waals surface area (Å²) < 4.78 is 0. The Morgan fingerprint density at radius 1 is 1.17 bits per heavy atom. The van der Waals surface area contributed by atoms with Crippen molar-refractivity contribution in [3.05, 3.63) is 58.9 Å². The van der Waals surface area contributed by atoms with Gasteiger partial charge in [-0.3, -0.25) is 4.98 Å². The molecule has 0 fully saturated rings. The molecule has 18 heavy (non-hydrogen) atoms. The zero-order chi connectivity index (χ0) is 12.8. The standard InChI is InChI=1S/C14H15ClN2O/c15-13-3-1-2-12(14(13)18)10-17-9-6-11-4-7-16-8-5-11/h1-5,7-8,17-18H,6,9-10H2. The van der Waals surface area contributed by atoms with Crippen LogP contribution < -0.4 is 5.32 Å². The lowest BCUT2D eigenvalue weighted by Gasteiger charge is -2.07. The highest BCUT2D eigenvalue weighted by Crippen LogP contribution is 2.26. The topological polar surface area (TPSA) is 45.1 Å². The molecule has 0 radical (unpaired) electrons. The third-order valence-electron chi connectivity index (χ3n) is 2.73. The van der Waals surface area contributed by atoms with Gasteiger partial charge in [0, 0.05) is 24.5 Å². The summed E-state index contributed by atoms with van der Waals surface area (Å²) in [5, 5.41) is 13.4. The summed E-state index contributed by atoms with van der Waals surface area (Å²) in [6.07, 6.45) is 4.51. The number of pyridine rings is 1. The number of phenols is 1. The average Bonchev–Trinajstić information content (AvgIpc) is 2.40. The van der Waals surface area contributed by atoms with Crippen molar-refractivity contribution in [2.75, 3.05) is 6.54 Å². The fourth-order valence-electron chi connectivity index (χ4n) is 1.71. The van der Waals surface area contributed by atoms with Gasteiger partial charge in [0.1, 0.15) is 5.75 Å². The smallest absolute Gasteiger partial charge is 0.138 e. The molecule has 0 spiro atoms. The molecule has 1 aromatic heterocycles. The van der Waals surface area contributed by atoms with Gasteiger partial charge >= 0.3 is 0 Å². The van der Waals surface area contributed by atoms with Gasteiger partial charge in [0.15, 0.2) is 0 Å². The number of hydrogen-bond donors (Lipinski definition) is 2. The number of para-hydroxylation sites is 1. The molecule has 2 aromatic rings. The SMILES string of the molecule is Oc1c(Cl)cccc1CNCCc1ccncc1. The molecular weight excluding hydrogens is 248 g/mol. The second-order valence-corrected chi connectivity index (χ2v) is 4.44. The number of aromatic hydroxyl groups is 1. The van der Waals surface area contributed by atoms with Crippen LogP contribution in [0.15, 0.2) is 42.7 Å². The Hall–Kier alpha value is -1.58. The van der Waals surface area contributed by atoms with Gasteiger partial charge in [0.2, 0.25) is 0 Å². The molecule has 1 aromatic carbocycles. The first kappa shape index (κ1) is 12.9. The molecule has 94 valence electrons. The highest BCUT2D eigenvalue weighted by atomic mass is 35.5. The monoisotopic (exact) mass is 262 g/mol. The highest BCUT2D eigenvalue weighted by molar-refractivity contribution is 6.32. The maximum atomic E-state index is 9.73. The zero-order valence-electron chi connectivity index (χ0n) is 9.94. The van der Waals surface area contributed by atoms with Crippen LogP contribution in [0.4, 0.5) is 0 Å². The number of rotatable bonds is 5. The highest BCUT2D eigenvalue weighted by Gasteiger charge is 2.03. The van der Waals surface area contributed by atoms with E-state index in [0.29, 0.717) is 11.6 Å². The summed E-state index contributed by atoms with van der Waals surface area (Å²) in [5.74, 6) is 0.163. The molecule has 0 aliphatic heterocycles.